The molecule has 0 aromatic rings. The number of hydrogen-bond donors (Lipinski definition) is 1. The van der Waals surface area contributed by atoms with Gasteiger partial charge in [0.25, 0.3) is 0 Å². The van der Waals surface area contributed by atoms with Gasteiger partial charge in [-0.3, -0.25) is 4.79 Å². The minimum atomic E-state index is -3.37. The quantitative estimate of drug-likeness (QED) is 0.716. The molecular formula is C11H21NO3S. The van der Waals surface area contributed by atoms with Crippen molar-refractivity contribution < 1.29 is 13.2 Å². The normalized spacial score (nSPS) is 14.3. The van der Waals surface area contributed by atoms with Crippen LogP contribution in [0.1, 0.15) is 27.7 Å². The highest BCUT2D eigenvalue weighted by atomic mass is 32.2. The molecule has 0 fully saturated rings. The molecule has 0 radical (unpaired) electrons. The molecule has 0 aliphatic rings. The molecule has 0 heterocycles. The predicted octanol–water partition coefficient (Wildman–Crippen LogP) is 1.14. The van der Waals surface area contributed by atoms with E-state index in [1.54, 1.807) is 19.1 Å². The summed E-state index contributed by atoms with van der Waals surface area (Å²) < 4.78 is 23.3. The van der Waals surface area contributed by atoms with Gasteiger partial charge in [0.1, 0.15) is 5.25 Å². The van der Waals surface area contributed by atoms with E-state index in [4.69, 9.17) is 0 Å². The average Bonchev–Trinajstić information content (AvgIpc) is 2.21. The molecule has 0 aromatic heterocycles. The Hall–Kier alpha value is -0.840. The summed E-state index contributed by atoms with van der Waals surface area (Å²) in [7, 11) is -3.37. The maximum absolute atomic E-state index is 11.7. The van der Waals surface area contributed by atoms with Gasteiger partial charge in [0.2, 0.25) is 5.91 Å². The third kappa shape index (κ3) is 5.30. The van der Waals surface area contributed by atoms with Crippen LogP contribution in [0.3, 0.4) is 0 Å². The maximum atomic E-state index is 11.7. The molecule has 0 aliphatic heterocycles. The first kappa shape index (κ1) is 15.2. The molecule has 0 bridgehead atoms. The summed E-state index contributed by atoms with van der Waals surface area (Å²) >= 11 is 0. The van der Waals surface area contributed by atoms with Crippen molar-refractivity contribution in [3.05, 3.63) is 12.2 Å². The molecule has 1 atom stereocenters. The molecule has 0 aliphatic carbocycles. The molecule has 94 valence electrons. The second-order valence-corrected chi connectivity index (χ2v) is 6.55. The van der Waals surface area contributed by atoms with E-state index in [0.29, 0.717) is 12.5 Å². The van der Waals surface area contributed by atoms with E-state index in [1.807, 2.05) is 13.8 Å². The van der Waals surface area contributed by atoms with Gasteiger partial charge in [0, 0.05) is 6.54 Å². The molecule has 0 saturated heterocycles. The van der Waals surface area contributed by atoms with Crippen LogP contribution in [0.15, 0.2) is 12.2 Å². The fraction of sp³-hybridized carbons (Fsp3) is 0.727. The summed E-state index contributed by atoms with van der Waals surface area (Å²) in [5.41, 5.74) is 0. The Kier molecular flexibility index (Phi) is 6.33. The van der Waals surface area contributed by atoms with Crippen molar-refractivity contribution in [2.45, 2.75) is 32.9 Å². The van der Waals surface area contributed by atoms with Gasteiger partial charge in [-0.1, -0.05) is 26.0 Å². The SMILES string of the molecule is CC=CCS(=O)(=O)C(C)C(=O)NCC(C)C. The molecule has 1 unspecified atom stereocenters. The molecule has 0 spiro atoms. The van der Waals surface area contributed by atoms with Gasteiger partial charge >= 0.3 is 0 Å². The van der Waals surface area contributed by atoms with Gasteiger partial charge < -0.3 is 5.32 Å². The summed E-state index contributed by atoms with van der Waals surface area (Å²) in [6.07, 6.45) is 3.21. The lowest BCUT2D eigenvalue weighted by molar-refractivity contribution is -0.120. The Morgan fingerprint density at radius 2 is 1.88 bits per heavy atom. The topological polar surface area (TPSA) is 63.2 Å². The lowest BCUT2D eigenvalue weighted by Gasteiger charge is -2.13. The van der Waals surface area contributed by atoms with Gasteiger partial charge in [-0.2, -0.15) is 0 Å². The van der Waals surface area contributed by atoms with Gasteiger partial charge in [-0.15, -0.1) is 0 Å². The zero-order valence-electron chi connectivity index (χ0n) is 10.4. The average molecular weight is 247 g/mol. The molecule has 0 saturated carbocycles. The first-order valence-corrected chi connectivity index (χ1v) is 7.13. The third-order valence-electron chi connectivity index (χ3n) is 2.16. The summed E-state index contributed by atoms with van der Waals surface area (Å²) in [6.45, 7) is 7.59. The zero-order chi connectivity index (χ0) is 12.8. The van der Waals surface area contributed by atoms with Crippen molar-refractivity contribution in [2.75, 3.05) is 12.3 Å². The Balaban J connectivity index is 4.42. The van der Waals surface area contributed by atoms with Crippen LogP contribution >= 0.6 is 0 Å². The first-order chi connectivity index (χ1) is 7.31. The van der Waals surface area contributed by atoms with Crippen LogP contribution in [-0.2, 0) is 14.6 Å². The first-order valence-electron chi connectivity index (χ1n) is 5.41. The lowest BCUT2D eigenvalue weighted by atomic mass is 10.2. The number of carbonyl (C=O) groups excluding carboxylic acids is 1. The van der Waals surface area contributed by atoms with Crippen LogP contribution in [0.2, 0.25) is 0 Å². The van der Waals surface area contributed by atoms with E-state index < -0.39 is 21.0 Å². The van der Waals surface area contributed by atoms with Crippen LogP contribution in [0.4, 0.5) is 0 Å². The fourth-order valence-electron chi connectivity index (χ4n) is 0.986. The van der Waals surface area contributed by atoms with E-state index in [0.717, 1.165) is 0 Å². The van der Waals surface area contributed by atoms with Gasteiger partial charge in [-0.25, -0.2) is 8.42 Å². The highest BCUT2D eigenvalue weighted by molar-refractivity contribution is 7.92. The molecule has 1 N–H and O–H groups in total. The molecule has 0 aromatic carbocycles. The van der Waals surface area contributed by atoms with E-state index >= 15 is 0 Å². The number of rotatable bonds is 6. The van der Waals surface area contributed by atoms with E-state index in [-0.39, 0.29) is 5.75 Å². The minimum Gasteiger partial charge on any atom is -0.355 e. The largest absolute Gasteiger partial charge is 0.355 e. The molecule has 0 rings (SSSR count). The van der Waals surface area contributed by atoms with Crippen LogP contribution in [0.25, 0.3) is 0 Å². The molecule has 16 heavy (non-hydrogen) atoms. The molecule has 1 amide bonds. The Morgan fingerprint density at radius 3 is 2.31 bits per heavy atom. The van der Waals surface area contributed by atoms with E-state index in [2.05, 4.69) is 5.32 Å². The monoisotopic (exact) mass is 247 g/mol. The third-order valence-corrected chi connectivity index (χ3v) is 4.11. The van der Waals surface area contributed by atoms with Crippen molar-refractivity contribution in [2.24, 2.45) is 5.92 Å². The zero-order valence-corrected chi connectivity index (χ0v) is 11.2. The number of allylic oxidation sites excluding steroid dienone is 1. The van der Waals surface area contributed by atoms with Gasteiger partial charge in [-0.05, 0) is 19.8 Å². The minimum absolute atomic E-state index is 0.0836. The Labute approximate surface area is 98.0 Å². The van der Waals surface area contributed by atoms with Crippen molar-refractivity contribution in [1.82, 2.24) is 5.32 Å². The standard InChI is InChI=1S/C11H21NO3S/c1-5-6-7-16(14,15)10(4)11(13)12-8-9(2)3/h5-6,9-10H,7-8H2,1-4H3,(H,12,13). The number of hydrogen-bond acceptors (Lipinski definition) is 3. The summed E-state index contributed by atoms with van der Waals surface area (Å²) in [6, 6.07) is 0. The highest BCUT2D eigenvalue weighted by Crippen LogP contribution is 2.03. The van der Waals surface area contributed by atoms with Gasteiger partial charge in [0.15, 0.2) is 9.84 Å². The van der Waals surface area contributed by atoms with E-state index in [1.165, 1.54) is 6.92 Å². The molecular weight excluding hydrogens is 226 g/mol. The molecule has 4 nitrogen and oxygen atoms in total. The highest BCUT2D eigenvalue weighted by Gasteiger charge is 2.26. The van der Waals surface area contributed by atoms with Crippen molar-refractivity contribution in [3.63, 3.8) is 0 Å². The number of nitrogens with one attached hydrogen (secondary N) is 1. The summed E-state index contributed by atoms with van der Waals surface area (Å²) in [4.78, 5) is 11.5. The Morgan fingerprint density at radius 1 is 1.31 bits per heavy atom. The van der Waals surface area contributed by atoms with Crippen LogP contribution in [0, 0.1) is 5.92 Å². The fourth-order valence-corrected chi connectivity index (χ4v) is 2.15. The van der Waals surface area contributed by atoms with Crippen LogP contribution in [0.5, 0.6) is 0 Å². The maximum Gasteiger partial charge on any atom is 0.238 e. The smallest absolute Gasteiger partial charge is 0.238 e. The lowest BCUT2D eigenvalue weighted by Crippen LogP contribution is -2.40. The predicted molar refractivity (Wildman–Crippen MR) is 65.9 cm³/mol. The Bertz CT molecular complexity index is 344. The van der Waals surface area contributed by atoms with Crippen LogP contribution < -0.4 is 5.32 Å². The number of amides is 1. The van der Waals surface area contributed by atoms with Gasteiger partial charge in [0.05, 0.1) is 5.75 Å². The van der Waals surface area contributed by atoms with Crippen molar-refractivity contribution >= 4 is 15.7 Å². The second-order valence-electron chi connectivity index (χ2n) is 4.18. The van der Waals surface area contributed by atoms with Crippen molar-refractivity contribution in [3.8, 4) is 0 Å². The van der Waals surface area contributed by atoms with E-state index in [9.17, 15) is 13.2 Å². The van der Waals surface area contributed by atoms with Crippen molar-refractivity contribution in [1.29, 1.82) is 0 Å². The second kappa shape index (κ2) is 6.68. The summed E-state index contributed by atoms with van der Waals surface area (Å²) in [5, 5.41) is 1.64. The number of carbonyl (C=O) groups is 1. The number of sulfone groups is 1. The molecule has 5 heteroatoms. The summed E-state index contributed by atoms with van der Waals surface area (Å²) in [5.74, 6) is -0.188. The van der Waals surface area contributed by atoms with Crippen LogP contribution in [-0.4, -0.2) is 31.9 Å².